The van der Waals surface area contributed by atoms with E-state index in [0.29, 0.717) is 121 Å². The second-order valence-electron chi connectivity index (χ2n) is 22.4. The molecular formula is C66H110ClN11O15P2S6. The first-order chi connectivity index (χ1) is 48.6. The SMILES string of the molecule is CC(C)N(C(C)C)P(Cl)OCCC#N.CCC(COCCCNC(=O)CCSSc1ccccn1)OP(OCCC#N)N(C(C)C)C(C)C.CCC(O)COCCCNC(=O)CCSSc1ccccn1.NCCCOCC(O)CO.O=C(CCSSc1ccccn1)ON1C(=O)CCC1=O. The highest BCUT2D eigenvalue weighted by molar-refractivity contribution is 8.77. The number of halogens is 1. The zero-order chi connectivity index (χ0) is 75.3. The fourth-order valence-corrected chi connectivity index (χ4v) is 17.2. The van der Waals surface area contributed by atoms with Crippen molar-refractivity contribution in [3.8, 4) is 12.1 Å². The summed E-state index contributed by atoms with van der Waals surface area (Å²) in [7, 11) is 6.98. The second kappa shape index (κ2) is 66.2. The third-order valence-electron chi connectivity index (χ3n) is 12.4. The van der Waals surface area contributed by atoms with Crippen LogP contribution in [0.3, 0.4) is 0 Å². The van der Waals surface area contributed by atoms with E-state index in [2.05, 4.69) is 103 Å². The summed E-state index contributed by atoms with van der Waals surface area (Å²) in [5, 5.41) is 52.7. The zero-order valence-electron chi connectivity index (χ0n) is 60.2. The second-order valence-corrected chi connectivity index (χ2v) is 33.2. The highest BCUT2D eigenvalue weighted by Gasteiger charge is 2.33. The number of aliphatic hydroxyl groups excluding tert-OH is 3. The number of hydrogen-bond donors (Lipinski definition) is 6. The fourth-order valence-electron chi connectivity index (χ4n) is 7.52. The summed E-state index contributed by atoms with van der Waals surface area (Å²) in [6.07, 6.45) is 9.85. The number of carbonyl (C=O) groups is 5. The molecule has 1 aliphatic rings. The summed E-state index contributed by atoms with van der Waals surface area (Å²) in [4.78, 5) is 74.9. The highest BCUT2D eigenvalue weighted by Crippen LogP contribution is 2.49. The molecule has 35 heteroatoms. The Morgan fingerprint density at radius 1 is 0.624 bits per heavy atom. The van der Waals surface area contributed by atoms with Crippen LogP contribution in [0.1, 0.15) is 146 Å². The number of nitrogens with zero attached hydrogens (tertiary/aromatic N) is 8. The molecule has 572 valence electrons. The molecule has 0 bridgehead atoms. The predicted octanol–water partition coefficient (Wildman–Crippen LogP) is 12.3. The van der Waals surface area contributed by atoms with Crippen LogP contribution in [0.15, 0.2) is 88.3 Å². The van der Waals surface area contributed by atoms with Crippen LogP contribution >= 0.6 is 92.2 Å². The molecule has 3 aromatic heterocycles. The Labute approximate surface area is 631 Å². The Bertz CT molecular complexity index is 2620. The number of aromatic nitrogens is 3. The molecule has 0 spiro atoms. The first kappa shape index (κ1) is 97.8. The summed E-state index contributed by atoms with van der Waals surface area (Å²) < 4.78 is 38.1. The molecule has 5 atom stereocenters. The van der Waals surface area contributed by atoms with Crippen LogP contribution in [0.2, 0.25) is 0 Å². The van der Waals surface area contributed by atoms with E-state index in [1.807, 2.05) is 67.6 Å². The molecular weight excluding hydrogens is 1480 g/mol. The number of nitriles is 2. The van der Waals surface area contributed by atoms with Gasteiger partial charge in [-0.3, -0.25) is 19.2 Å². The van der Waals surface area contributed by atoms with Crippen LogP contribution < -0.4 is 16.4 Å². The van der Waals surface area contributed by atoms with E-state index in [4.69, 9.17) is 70.3 Å². The maximum Gasteiger partial charge on any atom is 0.334 e. The lowest BCUT2D eigenvalue weighted by Crippen LogP contribution is -2.35. The van der Waals surface area contributed by atoms with Gasteiger partial charge in [-0.15, -0.1) is 5.06 Å². The quantitative estimate of drug-likeness (QED) is 0.0132. The van der Waals surface area contributed by atoms with Gasteiger partial charge in [-0.1, -0.05) is 64.4 Å². The summed E-state index contributed by atoms with van der Waals surface area (Å²) in [6, 6.07) is 22.6. The molecule has 0 radical (unpaired) electrons. The molecule has 26 nitrogen and oxygen atoms in total. The van der Waals surface area contributed by atoms with Gasteiger partial charge in [0.15, 0.2) is 0 Å². The molecule has 101 heavy (non-hydrogen) atoms. The molecule has 4 heterocycles. The van der Waals surface area contributed by atoms with Crippen molar-refractivity contribution in [1.29, 1.82) is 10.5 Å². The third kappa shape index (κ3) is 54.1. The van der Waals surface area contributed by atoms with Crippen molar-refractivity contribution in [1.82, 2.24) is 40.0 Å². The van der Waals surface area contributed by atoms with Crippen LogP contribution in [-0.2, 0) is 56.6 Å². The van der Waals surface area contributed by atoms with Gasteiger partial charge in [0, 0.05) is 119 Å². The van der Waals surface area contributed by atoms with E-state index in [1.165, 1.54) is 21.6 Å². The summed E-state index contributed by atoms with van der Waals surface area (Å²) in [6.45, 7) is 25.8. The highest BCUT2D eigenvalue weighted by atomic mass is 35.7. The molecule has 1 fully saturated rings. The standard InChI is InChI=1S/C24H41N4O4PS2.C15H24N2O3S2.C12H12N2O4S2.C9H18ClN2OP.C6H15NO3/c1-6-22(32-33(31-17-9-13-25)28(20(2)3)21(4)5)19-30-16-10-15-26-23(29)12-18-34-35-24-11-7-8-14-27-24;1-2-13(18)12-20-10-5-9-16-14(19)7-11-21-22-15-6-3-4-8-17-15;15-10-4-5-11(16)14(10)18-12(17)6-8-19-20-9-3-1-2-7-13-9;1-8(2)12(9(3)4)14(10)13-7-5-6-11;7-2-1-3-10-5-6(9)4-8/h7-8,11,14,20-22H,6,9-10,12,15-19H2,1-5H3,(H,26,29);3-4,6,8,13,18H,2,5,7,9-12H2,1H3,(H,16,19);1-3,7H,4-6,8H2;8-9H,5,7H2,1-4H3;6,8-9H,1-5,7H2. The minimum absolute atomic E-state index is 0.0523. The lowest BCUT2D eigenvalue weighted by molar-refractivity contribution is -0.197. The van der Waals surface area contributed by atoms with Gasteiger partial charge in [0.2, 0.25) is 19.5 Å². The normalized spacial score (nSPS) is 13.4. The minimum Gasteiger partial charge on any atom is -0.394 e. The van der Waals surface area contributed by atoms with E-state index >= 15 is 0 Å². The lowest BCUT2D eigenvalue weighted by atomic mass is 10.3. The maximum absolute atomic E-state index is 12.0. The molecule has 0 aliphatic carbocycles. The fraction of sp³-hybridized carbons (Fsp3) is 0.667. The Morgan fingerprint density at radius 3 is 1.45 bits per heavy atom. The predicted molar refractivity (Wildman–Crippen MR) is 411 cm³/mol. The van der Waals surface area contributed by atoms with Crippen LogP contribution in [0.4, 0.5) is 0 Å². The number of hydroxylamine groups is 2. The molecule has 4 rings (SSSR count). The number of nitrogens with one attached hydrogen (secondary N) is 2. The number of hydrogen-bond acceptors (Lipinski definition) is 29. The number of imide groups is 1. The summed E-state index contributed by atoms with van der Waals surface area (Å²) in [5.74, 6) is 0.616. The van der Waals surface area contributed by atoms with Gasteiger partial charge in [-0.2, -0.15) is 10.5 Å². The van der Waals surface area contributed by atoms with Crippen molar-refractivity contribution in [2.75, 3.05) is 96.4 Å². The molecule has 7 N–H and O–H groups in total. The van der Waals surface area contributed by atoms with E-state index < -0.39 is 40.1 Å². The molecule has 1 aliphatic heterocycles. The molecule has 0 saturated carbocycles. The Hall–Kier alpha value is -3.25. The number of nitrogens with two attached hydrogens (primary N) is 1. The molecule has 0 aromatic carbocycles. The number of carbonyl (C=O) groups excluding carboxylic acids is 5. The van der Waals surface area contributed by atoms with Gasteiger partial charge in [0.05, 0.1) is 83.3 Å². The van der Waals surface area contributed by atoms with Crippen molar-refractivity contribution in [3.63, 3.8) is 0 Å². The number of ether oxygens (including phenoxy) is 3. The zero-order valence-corrected chi connectivity index (χ0v) is 67.6. The van der Waals surface area contributed by atoms with Crippen LogP contribution in [0.5, 0.6) is 0 Å². The Morgan fingerprint density at radius 2 is 1.05 bits per heavy atom. The summed E-state index contributed by atoms with van der Waals surface area (Å²) in [5.41, 5.74) is 5.19. The lowest BCUT2D eigenvalue weighted by Gasteiger charge is -2.37. The third-order valence-corrected chi connectivity index (χ3v) is 23.9. The van der Waals surface area contributed by atoms with Gasteiger partial charge in [0.25, 0.3) is 20.3 Å². The van der Waals surface area contributed by atoms with Gasteiger partial charge < -0.3 is 64.3 Å². The van der Waals surface area contributed by atoms with Gasteiger partial charge in [-0.25, -0.2) is 29.1 Å². The van der Waals surface area contributed by atoms with E-state index in [1.54, 1.807) is 61.8 Å². The monoisotopic (exact) mass is 1590 g/mol. The van der Waals surface area contributed by atoms with E-state index in [0.717, 1.165) is 52.3 Å². The maximum atomic E-state index is 12.0. The smallest absolute Gasteiger partial charge is 0.334 e. The average molecular weight is 1590 g/mol. The Kier molecular flexibility index (Phi) is 64.1. The van der Waals surface area contributed by atoms with Crippen molar-refractivity contribution in [3.05, 3.63) is 73.2 Å². The van der Waals surface area contributed by atoms with Gasteiger partial charge in [-0.05, 0) is 174 Å². The van der Waals surface area contributed by atoms with Gasteiger partial charge >= 0.3 is 5.97 Å². The molecule has 1 saturated heterocycles. The van der Waals surface area contributed by atoms with Crippen LogP contribution in [-0.4, -0.2) is 213 Å². The van der Waals surface area contributed by atoms with Gasteiger partial charge in [0.1, 0.15) is 21.2 Å². The first-order valence-corrected chi connectivity index (χ1v) is 43.9. The van der Waals surface area contributed by atoms with E-state index in [-0.39, 0.29) is 68.6 Å². The summed E-state index contributed by atoms with van der Waals surface area (Å²) >= 11 is 6.13. The molecule has 4 amide bonds. The Balaban J connectivity index is 0.00000132. The van der Waals surface area contributed by atoms with Crippen LogP contribution in [0.25, 0.3) is 0 Å². The van der Waals surface area contributed by atoms with Crippen molar-refractivity contribution in [2.24, 2.45) is 5.73 Å². The first-order valence-electron chi connectivity index (χ1n) is 33.7. The number of aliphatic hydroxyl groups is 3. The largest absolute Gasteiger partial charge is 0.394 e. The number of rotatable bonds is 50. The molecule has 3 aromatic rings. The minimum atomic E-state index is -1.28. The van der Waals surface area contributed by atoms with Crippen molar-refractivity contribution >= 4 is 122 Å². The number of amides is 4. The molecule has 5 unspecified atom stereocenters. The number of pyridine rings is 3. The van der Waals surface area contributed by atoms with Crippen molar-refractivity contribution < 1.29 is 71.9 Å². The van der Waals surface area contributed by atoms with E-state index in [9.17, 15) is 29.1 Å². The van der Waals surface area contributed by atoms with Crippen LogP contribution in [0, 0.1) is 22.7 Å². The van der Waals surface area contributed by atoms with Crippen molar-refractivity contribution in [2.45, 2.75) is 204 Å². The average Bonchev–Trinajstić information content (AvgIpc) is 1.69. The topological polar surface area (TPSA) is 357 Å².